The fourth-order valence-corrected chi connectivity index (χ4v) is 3.07. The van der Waals surface area contributed by atoms with Crippen LogP contribution in [0.5, 0.6) is 0 Å². The average Bonchev–Trinajstić information content (AvgIpc) is 2.86. The van der Waals surface area contributed by atoms with Crippen molar-refractivity contribution in [2.75, 3.05) is 50.5 Å². The van der Waals surface area contributed by atoms with E-state index < -0.39 is 0 Å². The molecule has 2 aliphatic rings. The van der Waals surface area contributed by atoms with Crippen LogP contribution in [0.3, 0.4) is 0 Å². The summed E-state index contributed by atoms with van der Waals surface area (Å²) in [4.78, 5) is 13.4. The highest BCUT2D eigenvalue weighted by atomic mass is 15.3. The molecular weight excluding hydrogens is 214 g/mol. The van der Waals surface area contributed by atoms with Crippen molar-refractivity contribution in [3.05, 3.63) is 12.4 Å². The van der Waals surface area contributed by atoms with Crippen LogP contribution in [0, 0.1) is 11.8 Å². The van der Waals surface area contributed by atoms with Crippen LogP contribution in [0.25, 0.3) is 0 Å². The van der Waals surface area contributed by atoms with Crippen molar-refractivity contribution < 1.29 is 0 Å². The van der Waals surface area contributed by atoms with E-state index in [1.165, 1.54) is 13.1 Å². The molecule has 17 heavy (non-hydrogen) atoms. The van der Waals surface area contributed by atoms with E-state index in [9.17, 15) is 0 Å². The molecule has 1 aromatic heterocycles. The monoisotopic (exact) mass is 233 g/mol. The summed E-state index contributed by atoms with van der Waals surface area (Å²) < 4.78 is 0. The molecule has 3 heterocycles. The SMILES string of the molecule is CNc1cc(N2CC3CN(C)CC3C2)ncn1. The Morgan fingerprint density at radius 3 is 2.53 bits per heavy atom. The van der Waals surface area contributed by atoms with Gasteiger partial charge in [-0.2, -0.15) is 0 Å². The Balaban J connectivity index is 1.74. The van der Waals surface area contributed by atoms with Gasteiger partial charge in [0.1, 0.15) is 18.0 Å². The maximum absolute atomic E-state index is 4.38. The van der Waals surface area contributed by atoms with Crippen LogP contribution in [0.2, 0.25) is 0 Å². The zero-order valence-electron chi connectivity index (χ0n) is 10.4. The van der Waals surface area contributed by atoms with Crippen molar-refractivity contribution >= 4 is 11.6 Å². The minimum atomic E-state index is 0.813. The van der Waals surface area contributed by atoms with Gasteiger partial charge in [-0.1, -0.05) is 0 Å². The van der Waals surface area contributed by atoms with Gasteiger partial charge in [0.2, 0.25) is 0 Å². The minimum Gasteiger partial charge on any atom is -0.373 e. The third-order valence-electron chi connectivity index (χ3n) is 3.90. The molecule has 92 valence electrons. The molecule has 0 aromatic carbocycles. The van der Waals surface area contributed by atoms with Gasteiger partial charge in [0, 0.05) is 39.3 Å². The summed E-state index contributed by atoms with van der Waals surface area (Å²) in [6, 6.07) is 2.03. The van der Waals surface area contributed by atoms with Gasteiger partial charge in [-0.15, -0.1) is 0 Å². The number of hydrogen-bond donors (Lipinski definition) is 1. The Bertz CT molecular complexity index is 394. The number of anilines is 2. The lowest BCUT2D eigenvalue weighted by atomic mass is 10.0. The summed E-state index contributed by atoms with van der Waals surface area (Å²) in [5.41, 5.74) is 0. The van der Waals surface area contributed by atoms with Gasteiger partial charge >= 0.3 is 0 Å². The van der Waals surface area contributed by atoms with Crippen LogP contribution >= 0.6 is 0 Å². The van der Waals surface area contributed by atoms with E-state index >= 15 is 0 Å². The molecule has 0 spiro atoms. The van der Waals surface area contributed by atoms with E-state index in [1.54, 1.807) is 6.33 Å². The van der Waals surface area contributed by atoms with Crippen molar-refractivity contribution in [3.63, 3.8) is 0 Å². The molecule has 2 atom stereocenters. The van der Waals surface area contributed by atoms with Crippen molar-refractivity contribution in [3.8, 4) is 0 Å². The predicted octanol–water partition coefficient (Wildman–Crippen LogP) is 0.516. The lowest BCUT2D eigenvalue weighted by Gasteiger charge is -2.20. The van der Waals surface area contributed by atoms with E-state index in [1.807, 2.05) is 13.1 Å². The van der Waals surface area contributed by atoms with E-state index in [0.717, 1.165) is 36.6 Å². The molecule has 0 aliphatic carbocycles. The number of rotatable bonds is 2. The minimum absolute atomic E-state index is 0.813. The highest BCUT2D eigenvalue weighted by Crippen LogP contribution is 2.32. The first kappa shape index (κ1) is 10.8. The van der Waals surface area contributed by atoms with Crippen LogP contribution in [-0.2, 0) is 0 Å². The molecule has 0 amide bonds. The third kappa shape index (κ3) is 1.95. The van der Waals surface area contributed by atoms with Crippen LogP contribution in [-0.4, -0.2) is 55.1 Å². The lowest BCUT2D eigenvalue weighted by Crippen LogP contribution is -2.27. The van der Waals surface area contributed by atoms with Crippen molar-refractivity contribution in [2.24, 2.45) is 11.8 Å². The molecule has 0 saturated carbocycles. The number of fused-ring (bicyclic) bond motifs is 1. The highest BCUT2D eigenvalue weighted by molar-refractivity contribution is 5.49. The molecule has 2 saturated heterocycles. The largest absolute Gasteiger partial charge is 0.373 e. The molecule has 5 nitrogen and oxygen atoms in total. The lowest BCUT2D eigenvalue weighted by molar-refractivity contribution is 0.387. The first-order chi connectivity index (χ1) is 8.26. The molecule has 5 heteroatoms. The summed E-state index contributed by atoms with van der Waals surface area (Å²) in [5, 5.41) is 3.06. The Morgan fingerprint density at radius 1 is 1.18 bits per heavy atom. The van der Waals surface area contributed by atoms with Crippen LogP contribution < -0.4 is 10.2 Å². The predicted molar refractivity (Wildman–Crippen MR) is 68.3 cm³/mol. The number of likely N-dealkylation sites (tertiary alicyclic amines) is 1. The second-order valence-electron chi connectivity index (χ2n) is 5.16. The number of nitrogens with zero attached hydrogens (tertiary/aromatic N) is 4. The summed E-state index contributed by atoms with van der Waals surface area (Å²) in [6.07, 6.45) is 1.64. The number of nitrogens with one attached hydrogen (secondary N) is 1. The topological polar surface area (TPSA) is 44.3 Å². The van der Waals surface area contributed by atoms with E-state index in [2.05, 4.69) is 32.1 Å². The Morgan fingerprint density at radius 2 is 1.88 bits per heavy atom. The number of hydrogen-bond acceptors (Lipinski definition) is 5. The first-order valence-corrected chi connectivity index (χ1v) is 6.19. The van der Waals surface area contributed by atoms with Crippen molar-refractivity contribution in [2.45, 2.75) is 0 Å². The summed E-state index contributed by atoms with van der Waals surface area (Å²) >= 11 is 0. The van der Waals surface area contributed by atoms with Crippen molar-refractivity contribution in [1.29, 1.82) is 0 Å². The van der Waals surface area contributed by atoms with E-state index in [0.29, 0.717) is 0 Å². The average molecular weight is 233 g/mol. The Hall–Kier alpha value is -1.36. The molecule has 2 unspecified atom stereocenters. The molecular formula is C12H19N5. The summed E-state index contributed by atoms with van der Waals surface area (Å²) in [5.74, 6) is 3.58. The molecule has 2 aliphatic heterocycles. The fourth-order valence-electron chi connectivity index (χ4n) is 3.07. The van der Waals surface area contributed by atoms with Gasteiger partial charge in [-0.3, -0.25) is 0 Å². The van der Waals surface area contributed by atoms with Gasteiger partial charge in [0.05, 0.1) is 0 Å². The second-order valence-corrected chi connectivity index (χ2v) is 5.16. The molecule has 1 N–H and O–H groups in total. The third-order valence-corrected chi connectivity index (χ3v) is 3.90. The Labute approximate surface area is 102 Å². The van der Waals surface area contributed by atoms with E-state index in [4.69, 9.17) is 0 Å². The van der Waals surface area contributed by atoms with Gasteiger partial charge in [-0.25, -0.2) is 9.97 Å². The van der Waals surface area contributed by atoms with Gasteiger partial charge in [-0.05, 0) is 18.9 Å². The van der Waals surface area contributed by atoms with Gasteiger partial charge in [0.15, 0.2) is 0 Å². The van der Waals surface area contributed by atoms with Crippen LogP contribution in [0.1, 0.15) is 0 Å². The van der Waals surface area contributed by atoms with Crippen molar-refractivity contribution in [1.82, 2.24) is 14.9 Å². The smallest absolute Gasteiger partial charge is 0.134 e. The summed E-state index contributed by atoms with van der Waals surface area (Å²) in [6.45, 7) is 4.72. The van der Waals surface area contributed by atoms with Gasteiger partial charge < -0.3 is 15.1 Å². The zero-order valence-corrected chi connectivity index (χ0v) is 10.4. The molecule has 0 bridgehead atoms. The molecule has 1 aromatic rings. The quantitative estimate of drug-likeness (QED) is 0.806. The Kier molecular flexibility index (Phi) is 2.63. The van der Waals surface area contributed by atoms with Crippen LogP contribution in [0.4, 0.5) is 11.6 Å². The van der Waals surface area contributed by atoms with E-state index in [-0.39, 0.29) is 0 Å². The van der Waals surface area contributed by atoms with Gasteiger partial charge in [0.25, 0.3) is 0 Å². The highest BCUT2D eigenvalue weighted by Gasteiger charge is 2.39. The zero-order chi connectivity index (χ0) is 11.8. The summed E-state index contributed by atoms with van der Waals surface area (Å²) in [7, 11) is 4.10. The second kappa shape index (κ2) is 4.14. The first-order valence-electron chi connectivity index (χ1n) is 6.19. The molecule has 0 radical (unpaired) electrons. The molecule has 3 rings (SSSR count). The maximum Gasteiger partial charge on any atom is 0.134 e. The molecule has 2 fully saturated rings. The normalized spacial score (nSPS) is 28.5. The standard InChI is InChI=1S/C12H19N5/c1-13-11-3-12(15-8-14-11)17-6-9-4-16(2)5-10(9)7-17/h3,8-10H,4-7H2,1-2H3,(H,13,14,15). The maximum atomic E-state index is 4.38. The fraction of sp³-hybridized carbons (Fsp3) is 0.667. The van der Waals surface area contributed by atoms with Crippen LogP contribution in [0.15, 0.2) is 12.4 Å². The number of aromatic nitrogens is 2.